The molecule has 5 N–H and O–H groups in total. The quantitative estimate of drug-likeness (QED) is 0.319. The van der Waals surface area contributed by atoms with Gasteiger partial charge in [-0.15, -0.1) is 5.10 Å². The summed E-state index contributed by atoms with van der Waals surface area (Å²) in [5.41, 5.74) is 6.70. The number of benzene rings is 1. The van der Waals surface area contributed by atoms with Crippen LogP contribution in [0.25, 0.3) is 17.0 Å². The lowest BCUT2D eigenvalue weighted by Gasteiger charge is -2.09. The highest BCUT2D eigenvalue weighted by Crippen LogP contribution is 2.20. The van der Waals surface area contributed by atoms with E-state index in [9.17, 15) is 19.2 Å². The SMILES string of the molecule is NC(=O)c1cccc2c(-c3nc(NCc4cccc(F)c4)cc(B(O)O)n3)nnn12. The van der Waals surface area contributed by atoms with Gasteiger partial charge in [0.1, 0.15) is 17.3 Å². The molecule has 4 rings (SSSR count). The summed E-state index contributed by atoms with van der Waals surface area (Å²) in [7, 11) is -1.86. The lowest BCUT2D eigenvalue weighted by molar-refractivity contribution is 0.0993. The Morgan fingerprint density at radius 2 is 1.97 bits per heavy atom. The van der Waals surface area contributed by atoms with Gasteiger partial charge in [0.15, 0.2) is 11.5 Å². The molecule has 1 aromatic carbocycles. The molecule has 0 radical (unpaired) electrons. The molecule has 0 aliphatic carbocycles. The van der Waals surface area contributed by atoms with Crippen LogP contribution in [0.2, 0.25) is 0 Å². The molecule has 0 aliphatic heterocycles. The number of aromatic nitrogens is 5. The van der Waals surface area contributed by atoms with E-state index >= 15 is 0 Å². The van der Waals surface area contributed by atoms with Crippen molar-refractivity contribution in [1.82, 2.24) is 24.8 Å². The van der Waals surface area contributed by atoms with E-state index in [-0.39, 0.29) is 41.0 Å². The lowest BCUT2D eigenvalue weighted by atomic mass is 9.86. The second kappa shape index (κ2) is 7.85. The van der Waals surface area contributed by atoms with Crippen LogP contribution in [0.1, 0.15) is 16.1 Å². The highest BCUT2D eigenvalue weighted by molar-refractivity contribution is 6.57. The molecule has 4 aromatic rings. The molecule has 1 amide bonds. The topological polar surface area (TPSA) is 152 Å². The summed E-state index contributed by atoms with van der Waals surface area (Å²) in [5.74, 6) is -0.738. The Kier molecular flexibility index (Phi) is 5.08. The Hall–Kier alpha value is -3.90. The minimum absolute atomic E-state index is 0.0546. The Morgan fingerprint density at radius 3 is 2.70 bits per heavy atom. The largest absolute Gasteiger partial charge is 0.508 e. The standard InChI is InChI=1S/C18H15BFN7O3/c20-11-4-1-3-10(7-11)9-22-15-8-14(19(29)30)23-18(24-15)16-12-5-2-6-13(17(21)28)27(12)26-25-16/h1-8,29-30H,9H2,(H2,21,28)(H,22,23,24). The van der Waals surface area contributed by atoms with E-state index in [0.29, 0.717) is 11.1 Å². The van der Waals surface area contributed by atoms with Gasteiger partial charge in [-0.1, -0.05) is 23.4 Å². The van der Waals surface area contributed by atoms with Gasteiger partial charge in [-0.25, -0.2) is 18.9 Å². The van der Waals surface area contributed by atoms with Crippen molar-refractivity contribution >= 4 is 30.0 Å². The van der Waals surface area contributed by atoms with Crippen molar-refractivity contribution in [2.24, 2.45) is 5.73 Å². The van der Waals surface area contributed by atoms with E-state index in [1.54, 1.807) is 24.3 Å². The van der Waals surface area contributed by atoms with E-state index in [4.69, 9.17) is 5.73 Å². The summed E-state index contributed by atoms with van der Waals surface area (Å²) in [6, 6.07) is 12.1. The molecule has 0 bridgehead atoms. The number of amides is 1. The molecule has 0 saturated heterocycles. The number of carbonyl (C=O) groups is 1. The first-order valence-electron chi connectivity index (χ1n) is 8.80. The number of pyridine rings is 1. The molecule has 12 heteroatoms. The molecule has 3 heterocycles. The third-order valence-electron chi connectivity index (χ3n) is 4.28. The number of halogens is 1. The van der Waals surface area contributed by atoms with Gasteiger partial charge in [0, 0.05) is 6.54 Å². The average Bonchev–Trinajstić information content (AvgIpc) is 3.16. The van der Waals surface area contributed by atoms with E-state index in [2.05, 4.69) is 25.6 Å². The number of carbonyl (C=O) groups excluding carboxylic acids is 1. The molecule has 0 spiro atoms. The Balaban J connectivity index is 1.74. The average molecular weight is 407 g/mol. The molecular formula is C18H15BFN7O3. The first-order valence-corrected chi connectivity index (χ1v) is 8.80. The van der Waals surface area contributed by atoms with Crippen molar-refractivity contribution in [2.75, 3.05) is 5.32 Å². The van der Waals surface area contributed by atoms with Crippen LogP contribution in [0.4, 0.5) is 10.2 Å². The third kappa shape index (κ3) is 3.81. The normalized spacial score (nSPS) is 10.9. The van der Waals surface area contributed by atoms with Crippen LogP contribution in [0, 0.1) is 5.82 Å². The fourth-order valence-electron chi connectivity index (χ4n) is 2.90. The van der Waals surface area contributed by atoms with Crippen LogP contribution in [0.15, 0.2) is 48.5 Å². The van der Waals surface area contributed by atoms with Crippen LogP contribution < -0.4 is 16.6 Å². The van der Waals surface area contributed by atoms with Crippen molar-refractivity contribution in [3.8, 4) is 11.5 Å². The number of fused-ring (bicyclic) bond motifs is 1. The zero-order valence-corrected chi connectivity index (χ0v) is 15.4. The predicted octanol–water partition coefficient (Wildman–Crippen LogP) is -0.284. The van der Waals surface area contributed by atoms with Gasteiger partial charge in [0.05, 0.1) is 11.1 Å². The predicted molar refractivity (Wildman–Crippen MR) is 106 cm³/mol. The number of anilines is 1. The Labute approximate surface area is 169 Å². The molecule has 0 atom stereocenters. The van der Waals surface area contributed by atoms with Gasteiger partial charge < -0.3 is 21.1 Å². The fourth-order valence-corrected chi connectivity index (χ4v) is 2.90. The molecular weight excluding hydrogens is 392 g/mol. The number of hydrogen-bond donors (Lipinski definition) is 4. The first kappa shape index (κ1) is 19.4. The maximum Gasteiger partial charge on any atom is 0.508 e. The summed E-state index contributed by atoms with van der Waals surface area (Å²) >= 11 is 0. The molecule has 0 unspecified atom stereocenters. The zero-order valence-electron chi connectivity index (χ0n) is 15.4. The second-order valence-corrected chi connectivity index (χ2v) is 6.37. The highest BCUT2D eigenvalue weighted by Gasteiger charge is 2.21. The summed E-state index contributed by atoms with van der Waals surface area (Å²) in [6.45, 7) is 0.239. The minimum Gasteiger partial charge on any atom is -0.422 e. The minimum atomic E-state index is -1.86. The number of nitrogens with one attached hydrogen (secondary N) is 1. The van der Waals surface area contributed by atoms with E-state index in [0.717, 1.165) is 0 Å². The van der Waals surface area contributed by atoms with Crippen molar-refractivity contribution in [1.29, 1.82) is 0 Å². The second-order valence-electron chi connectivity index (χ2n) is 6.37. The van der Waals surface area contributed by atoms with E-state index in [1.165, 1.54) is 28.8 Å². The van der Waals surface area contributed by atoms with Crippen molar-refractivity contribution in [3.63, 3.8) is 0 Å². The molecule has 150 valence electrons. The van der Waals surface area contributed by atoms with Crippen molar-refractivity contribution in [2.45, 2.75) is 6.54 Å². The lowest BCUT2D eigenvalue weighted by Crippen LogP contribution is -2.33. The highest BCUT2D eigenvalue weighted by atomic mass is 19.1. The summed E-state index contributed by atoms with van der Waals surface area (Å²) in [6.07, 6.45) is 0. The molecule has 3 aromatic heterocycles. The summed E-state index contributed by atoms with van der Waals surface area (Å²) in [5, 5.41) is 30.2. The van der Waals surface area contributed by atoms with Crippen molar-refractivity contribution < 1.29 is 19.2 Å². The van der Waals surface area contributed by atoms with Crippen molar-refractivity contribution in [3.05, 3.63) is 65.6 Å². The van der Waals surface area contributed by atoms with Gasteiger partial charge in [-0.05, 0) is 35.9 Å². The van der Waals surface area contributed by atoms with Crippen LogP contribution in [-0.2, 0) is 6.54 Å². The molecule has 30 heavy (non-hydrogen) atoms. The summed E-state index contributed by atoms with van der Waals surface area (Å²) in [4.78, 5) is 20.1. The smallest absolute Gasteiger partial charge is 0.422 e. The monoisotopic (exact) mass is 407 g/mol. The van der Waals surface area contributed by atoms with Gasteiger partial charge >= 0.3 is 7.12 Å². The van der Waals surface area contributed by atoms with E-state index < -0.39 is 13.0 Å². The number of primary amides is 1. The number of rotatable bonds is 6. The maximum absolute atomic E-state index is 13.4. The Bertz CT molecular complexity index is 1250. The summed E-state index contributed by atoms with van der Waals surface area (Å²) < 4.78 is 14.6. The first-order chi connectivity index (χ1) is 14.4. The van der Waals surface area contributed by atoms with Crippen LogP contribution in [0.3, 0.4) is 0 Å². The van der Waals surface area contributed by atoms with Crippen LogP contribution in [-0.4, -0.2) is 47.9 Å². The molecule has 0 saturated carbocycles. The molecule has 0 fully saturated rings. The van der Waals surface area contributed by atoms with Gasteiger partial charge in [-0.2, -0.15) is 0 Å². The molecule has 0 aliphatic rings. The molecule has 10 nitrogen and oxygen atoms in total. The maximum atomic E-state index is 13.4. The Morgan fingerprint density at radius 1 is 1.17 bits per heavy atom. The fraction of sp³-hybridized carbons (Fsp3) is 0.0556. The van der Waals surface area contributed by atoms with Gasteiger partial charge in [0.25, 0.3) is 5.91 Å². The number of hydrogen-bond acceptors (Lipinski definition) is 8. The van der Waals surface area contributed by atoms with E-state index in [1.807, 2.05) is 0 Å². The number of nitrogens with zero attached hydrogens (tertiary/aromatic N) is 5. The van der Waals surface area contributed by atoms with Gasteiger partial charge in [-0.3, -0.25) is 4.79 Å². The van der Waals surface area contributed by atoms with Gasteiger partial charge in [0.2, 0.25) is 0 Å². The van der Waals surface area contributed by atoms with Crippen LogP contribution in [0.5, 0.6) is 0 Å². The van der Waals surface area contributed by atoms with Crippen LogP contribution >= 0.6 is 0 Å². The zero-order chi connectivity index (χ0) is 21.3. The third-order valence-corrected chi connectivity index (χ3v) is 4.28. The number of nitrogens with two attached hydrogens (primary N) is 1.